The number of nitrogens with one attached hydrogen (secondary N) is 1. The highest BCUT2D eigenvalue weighted by atomic mass is 16.5. The van der Waals surface area contributed by atoms with Gasteiger partial charge in [-0.15, -0.1) is 0 Å². The average Bonchev–Trinajstić information content (AvgIpc) is 3.13. The van der Waals surface area contributed by atoms with Crippen LogP contribution >= 0.6 is 0 Å². The summed E-state index contributed by atoms with van der Waals surface area (Å²) in [6.45, 7) is 0.279. The Hall–Kier alpha value is -3.39. The lowest BCUT2D eigenvalue weighted by Gasteiger charge is -2.26. The number of fused-ring (bicyclic) bond motifs is 4. The highest BCUT2D eigenvalue weighted by Gasteiger charge is 2.67. The minimum absolute atomic E-state index is 0.0207. The number of aliphatic hydroxyl groups is 1. The van der Waals surface area contributed by atoms with Gasteiger partial charge >= 0.3 is 12.1 Å². The van der Waals surface area contributed by atoms with Crippen molar-refractivity contribution in [1.29, 1.82) is 0 Å². The van der Waals surface area contributed by atoms with E-state index in [2.05, 4.69) is 29.6 Å². The first-order valence-electron chi connectivity index (χ1n) is 12.2. The van der Waals surface area contributed by atoms with Crippen LogP contribution in [0, 0.1) is 11.3 Å². The van der Waals surface area contributed by atoms with E-state index in [-0.39, 0.29) is 43.4 Å². The molecule has 4 aliphatic rings. The van der Waals surface area contributed by atoms with E-state index in [0.717, 1.165) is 11.1 Å². The number of β-amino-alcohol motifs (C(OH)–C–C–N with tert-alkyl or cyclic N) is 1. The van der Waals surface area contributed by atoms with Gasteiger partial charge in [-0.1, -0.05) is 48.5 Å². The van der Waals surface area contributed by atoms with Crippen LogP contribution in [-0.2, 0) is 14.3 Å². The number of carbonyl (C=O) groups excluding carboxylic acids is 2. The lowest BCUT2D eigenvalue weighted by atomic mass is 9.98. The minimum atomic E-state index is -1.09. The van der Waals surface area contributed by atoms with Gasteiger partial charge in [0.25, 0.3) is 0 Å². The Kier molecular flexibility index (Phi) is 5.11. The fourth-order valence-electron chi connectivity index (χ4n) is 6.63. The van der Waals surface area contributed by atoms with Gasteiger partial charge < -0.3 is 25.2 Å². The molecule has 2 amide bonds. The molecule has 8 heteroatoms. The molecule has 182 valence electrons. The third-order valence-corrected chi connectivity index (χ3v) is 8.33. The van der Waals surface area contributed by atoms with Crippen molar-refractivity contribution in [2.24, 2.45) is 11.3 Å². The molecule has 2 saturated carbocycles. The molecule has 3 aliphatic carbocycles. The van der Waals surface area contributed by atoms with Crippen LogP contribution in [0.1, 0.15) is 42.7 Å². The number of hydrogen-bond donors (Lipinski definition) is 3. The molecular formula is C27H28N2O6. The van der Waals surface area contributed by atoms with Crippen LogP contribution in [0.3, 0.4) is 0 Å². The van der Waals surface area contributed by atoms with E-state index < -0.39 is 29.6 Å². The van der Waals surface area contributed by atoms with Crippen molar-refractivity contribution in [2.75, 3.05) is 13.2 Å². The molecule has 0 bridgehead atoms. The Bertz CT molecular complexity index is 1170. The molecule has 1 heterocycles. The quantitative estimate of drug-likeness (QED) is 0.611. The molecule has 5 atom stereocenters. The van der Waals surface area contributed by atoms with Gasteiger partial charge in [-0.2, -0.15) is 0 Å². The Morgan fingerprint density at radius 2 is 1.66 bits per heavy atom. The van der Waals surface area contributed by atoms with Gasteiger partial charge in [-0.25, -0.2) is 9.59 Å². The predicted octanol–water partition coefficient (Wildman–Crippen LogP) is 2.74. The number of ether oxygens (including phenoxy) is 1. The van der Waals surface area contributed by atoms with Crippen LogP contribution in [-0.4, -0.2) is 64.4 Å². The van der Waals surface area contributed by atoms with Crippen LogP contribution in [0.25, 0.3) is 11.1 Å². The minimum Gasteiger partial charge on any atom is -0.480 e. The number of carboxylic acids is 1. The molecule has 3 fully saturated rings. The maximum atomic E-state index is 13.2. The van der Waals surface area contributed by atoms with Crippen molar-refractivity contribution in [3.63, 3.8) is 0 Å². The number of amides is 2. The Balaban J connectivity index is 1.08. The van der Waals surface area contributed by atoms with Crippen molar-refractivity contribution in [3.8, 4) is 11.1 Å². The van der Waals surface area contributed by atoms with Gasteiger partial charge in [0.1, 0.15) is 12.6 Å². The summed E-state index contributed by atoms with van der Waals surface area (Å²) in [5, 5.41) is 22.3. The first-order valence-corrected chi connectivity index (χ1v) is 12.2. The van der Waals surface area contributed by atoms with Crippen LogP contribution < -0.4 is 5.32 Å². The molecule has 1 aliphatic heterocycles. The Labute approximate surface area is 202 Å². The van der Waals surface area contributed by atoms with Crippen molar-refractivity contribution >= 4 is 18.0 Å². The van der Waals surface area contributed by atoms with Crippen LogP contribution in [0.4, 0.5) is 4.79 Å². The zero-order valence-corrected chi connectivity index (χ0v) is 19.2. The number of carbonyl (C=O) groups is 3. The van der Waals surface area contributed by atoms with E-state index in [0.29, 0.717) is 19.3 Å². The highest BCUT2D eigenvalue weighted by Crippen LogP contribution is 2.64. The number of nitrogens with zero attached hydrogens (tertiary/aromatic N) is 1. The second-order valence-electron chi connectivity index (χ2n) is 10.4. The molecule has 0 radical (unpaired) electrons. The standard InChI is InChI=1S/C27H28N2O6/c30-17-10-23(24(31)32)29(13-17)25(33)27-11-15(27)9-16(12-27)28-26(34)35-14-22-20-7-3-1-5-18(20)19-6-2-4-8-21(19)22/h1-8,15-17,22-23,30H,9-14H2,(H,28,34)(H,31,32)/t15?,16?,17?,23-,27?/m0/s1. The molecule has 4 unspecified atom stereocenters. The normalized spacial score (nSPS) is 30.4. The molecule has 35 heavy (non-hydrogen) atoms. The highest BCUT2D eigenvalue weighted by molar-refractivity contribution is 5.91. The van der Waals surface area contributed by atoms with Crippen LogP contribution in [0.15, 0.2) is 48.5 Å². The summed E-state index contributed by atoms with van der Waals surface area (Å²) in [6.07, 6.45) is 0.589. The molecule has 2 aromatic rings. The van der Waals surface area contributed by atoms with Crippen LogP contribution in [0.5, 0.6) is 0 Å². The molecule has 3 N–H and O–H groups in total. The first-order chi connectivity index (χ1) is 16.9. The lowest BCUT2D eigenvalue weighted by molar-refractivity contribution is -0.150. The number of aliphatic carboxylic acids is 1. The zero-order valence-electron chi connectivity index (χ0n) is 19.2. The van der Waals surface area contributed by atoms with Gasteiger partial charge in [0.15, 0.2) is 0 Å². The number of rotatable bonds is 5. The Morgan fingerprint density at radius 3 is 2.31 bits per heavy atom. The molecular weight excluding hydrogens is 448 g/mol. The van der Waals surface area contributed by atoms with Gasteiger partial charge in [0.05, 0.1) is 11.5 Å². The zero-order chi connectivity index (χ0) is 24.3. The first kappa shape index (κ1) is 22.1. The fourth-order valence-corrected chi connectivity index (χ4v) is 6.63. The van der Waals surface area contributed by atoms with Crippen molar-refractivity contribution in [3.05, 3.63) is 59.7 Å². The summed E-state index contributed by atoms with van der Waals surface area (Å²) in [7, 11) is 0. The van der Waals surface area contributed by atoms with Gasteiger partial charge in [0, 0.05) is 24.9 Å². The third kappa shape index (κ3) is 3.58. The molecule has 0 aromatic heterocycles. The smallest absolute Gasteiger partial charge is 0.407 e. The number of aliphatic hydroxyl groups excluding tert-OH is 1. The predicted molar refractivity (Wildman–Crippen MR) is 126 cm³/mol. The van der Waals surface area contributed by atoms with E-state index in [1.807, 2.05) is 24.3 Å². The van der Waals surface area contributed by atoms with Gasteiger partial charge in [0.2, 0.25) is 5.91 Å². The number of likely N-dealkylation sites (tertiary alicyclic amines) is 1. The number of alkyl carbamates (subject to hydrolysis) is 1. The molecule has 8 nitrogen and oxygen atoms in total. The van der Waals surface area contributed by atoms with E-state index >= 15 is 0 Å². The maximum absolute atomic E-state index is 13.2. The van der Waals surface area contributed by atoms with Gasteiger partial charge in [-0.05, 0) is 47.4 Å². The molecule has 0 spiro atoms. The SMILES string of the molecule is O=C(NC1CC2CC2(C(=O)N2CC(O)C[C@H]2C(=O)O)C1)OCC1c2ccccc2-c2ccccc21. The maximum Gasteiger partial charge on any atom is 0.407 e. The van der Waals surface area contributed by atoms with E-state index in [4.69, 9.17) is 4.74 Å². The molecule has 2 aromatic carbocycles. The molecule has 6 rings (SSSR count). The van der Waals surface area contributed by atoms with Crippen molar-refractivity contribution in [1.82, 2.24) is 10.2 Å². The monoisotopic (exact) mass is 476 g/mol. The number of hydrogen-bond acceptors (Lipinski definition) is 5. The topological polar surface area (TPSA) is 116 Å². The third-order valence-electron chi connectivity index (χ3n) is 8.33. The van der Waals surface area contributed by atoms with E-state index in [1.165, 1.54) is 16.0 Å². The number of carboxylic acid groups (broad SMARTS) is 1. The summed E-state index contributed by atoms with van der Waals surface area (Å²) in [6, 6.07) is 15.1. The number of benzene rings is 2. The lowest BCUT2D eigenvalue weighted by Crippen LogP contribution is -2.45. The van der Waals surface area contributed by atoms with E-state index in [9.17, 15) is 24.6 Å². The molecule has 1 saturated heterocycles. The van der Waals surface area contributed by atoms with Crippen molar-refractivity contribution < 1.29 is 29.3 Å². The average molecular weight is 477 g/mol. The summed E-state index contributed by atoms with van der Waals surface area (Å²) >= 11 is 0. The summed E-state index contributed by atoms with van der Waals surface area (Å²) < 4.78 is 5.65. The van der Waals surface area contributed by atoms with Crippen LogP contribution in [0.2, 0.25) is 0 Å². The summed E-state index contributed by atoms with van der Waals surface area (Å²) in [5.74, 6) is -1.19. The largest absolute Gasteiger partial charge is 0.480 e. The van der Waals surface area contributed by atoms with E-state index in [1.54, 1.807) is 0 Å². The van der Waals surface area contributed by atoms with Crippen molar-refractivity contribution in [2.45, 2.75) is 49.8 Å². The fraction of sp³-hybridized carbons (Fsp3) is 0.444. The second kappa shape index (κ2) is 8.09. The summed E-state index contributed by atoms with van der Waals surface area (Å²) in [4.78, 5) is 38.8. The summed E-state index contributed by atoms with van der Waals surface area (Å²) in [5.41, 5.74) is 4.00. The second-order valence-corrected chi connectivity index (χ2v) is 10.4. The Morgan fingerprint density at radius 1 is 1.00 bits per heavy atom. The van der Waals surface area contributed by atoms with Gasteiger partial charge in [-0.3, -0.25) is 4.79 Å².